The number of nitrogens with one attached hydrogen (secondary N) is 1. The van der Waals surface area contributed by atoms with E-state index in [1.807, 2.05) is 24.3 Å². The minimum atomic E-state index is 0.206. The molecule has 1 aliphatic rings. The van der Waals surface area contributed by atoms with Crippen LogP contribution in [0.2, 0.25) is 10.0 Å². The summed E-state index contributed by atoms with van der Waals surface area (Å²) in [5, 5.41) is 19.2. The Labute approximate surface area is 213 Å². The van der Waals surface area contributed by atoms with Crippen LogP contribution in [-0.2, 0) is 6.61 Å². The van der Waals surface area contributed by atoms with Gasteiger partial charge in [-0.1, -0.05) is 23.2 Å². The third-order valence-electron chi connectivity index (χ3n) is 6.12. The molecule has 0 saturated carbocycles. The van der Waals surface area contributed by atoms with Crippen molar-refractivity contribution in [2.75, 3.05) is 32.1 Å². The SMILES string of the molecule is CN(C)CC1CCN1c1ncc(-c2n[nH]c3ccc(OCc4c(Cl)cncc4Cl)cc23)cc1C#N. The van der Waals surface area contributed by atoms with Crippen LogP contribution in [0, 0.1) is 11.3 Å². The molecule has 10 heteroatoms. The molecule has 35 heavy (non-hydrogen) atoms. The van der Waals surface area contributed by atoms with Crippen molar-refractivity contribution >= 4 is 39.9 Å². The van der Waals surface area contributed by atoms with Crippen molar-refractivity contribution in [2.24, 2.45) is 0 Å². The smallest absolute Gasteiger partial charge is 0.146 e. The Morgan fingerprint density at radius 3 is 2.69 bits per heavy atom. The average Bonchev–Trinajstić information content (AvgIpc) is 3.25. The number of hydrogen-bond donors (Lipinski definition) is 1. The number of likely N-dealkylation sites (N-methyl/N-ethyl adjacent to an activating group) is 1. The van der Waals surface area contributed by atoms with E-state index in [1.165, 1.54) is 12.4 Å². The molecule has 1 fully saturated rings. The summed E-state index contributed by atoms with van der Waals surface area (Å²) in [6.45, 7) is 2.03. The molecule has 178 valence electrons. The molecule has 0 bridgehead atoms. The Kier molecular flexibility index (Phi) is 6.48. The van der Waals surface area contributed by atoms with Gasteiger partial charge in [-0.2, -0.15) is 10.4 Å². The van der Waals surface area contributed by atoms with Gasteiger partial charge in [0, 0.05) is 54.2 Å². The van der Waals surface area contributed by atoms with E-state index in [-0.39, 0.29) is 6.61 Å². The standard InChI is InChI=1S/C25H23Cl2N7O/c1-33(2)13-17-5-6-34(17)25-15(9-28)7-16(10-30-25)24-19-8-18(3-4-23(19)31-32-24)35-14-20-21(26)11-29-12-22(20)27/h3-4,7-8,10-12,17H,5-6,13-14H2,1-2H3,(H,31,32). The predicted molar refractivity (Wildman–Crippen MR) is 137 cm³/mol. The summed E-state index contributed by atoms with van der Waals surface area (Å²) >= 11 is 12.4. The molecule has 1 aliphatic heterocycles. The van der Waals surface area contributed by atoms with Crippen molar-refractivity contribution in [3.8, 4) is 23.1 Å². The lowest BCUT2D eigenvalue weighted by Crippen LogP contribution is -2.53. The Bertz CT molecular complexity index is 1410. The van der Waals surface area contributed by atoms with Crippen molar-refractivity contribution in [2.45, 2.75) is 19.1 Å². The number of hydrogen-bond acceptors (Lipinski definition) is 7. The number of pyridine rings is 2. The van der Waals surface area contributed by atoms with E-state index in [9.17, 15) is 5.26 Å². The van der Waals surface area contributed by atoms with E-state index in [2.05, 4.69) is 50.1 Å². The summed E-state index contributed by atoms with van der Waals surface area (Å²) in [6.07, 6.45) is 5.95. The Morgan fingerprint density at radius 2 is 2.00 bits per heavy atom. The van der Waals surface area contributed by atoms with Crippen LogP contribution in [-0.4, -0.2) is 58.3 Å². The van der Waals surface area contributed by atoms with E-state index in [4.69, 9.17) is 27.9 Å². The highest BCUT2D eigenvalue weighted by atomic mass is 35.5. The molecule has 3 aromatic heterocycles. The minimum absolute atomic E-state index is 0.206. The molecular weight excluding hydrogens is 485 g/mol. The van der Waals surface area contributed by atoms with Gasteiger partial charge in [-0.25, -0.2) is 4.98 Å². The van der Waals surface area contributed by atoms with Gasteiger partial charge >= 0.3 is 0 Å². The number of fused-ring (bicyclic) bond motifs is 1. The number of benzene rings is 1. The van der Waals surface area contributed by atoms with Crippen LogP contribution < -0.4 is 9.64 Å². The molecule has 0 spiro atoms. The number of ether oxygens (including phenoxy) is 1. The van der Waals surface area contributed by atoms with Gasteiger partial charge in [0.2, 0.25) is 0 Å². The molecule has 1 N–H and O–H groups in total. The van der Waals surface area contributed by atoms with Crippen LogP contribution in [0.4, 0.5) is 5.82 Å². The molecule has 4 heterocycles. The zero-order valence-corrected chi connectivity index (χ0v) is 20.8. The fraction of sp³-hybridized carbons (Fsp3) is 0.280. The first-order chi connectivity index (χ1) is 16.9. The number of rotatable bonds is 7. The zero-order valence-electron chi connectivity index (χ0n) is 19.3. The third-order valence-corrected chi connectivity index (χ3v) is 6.77. The second-order valence-electron chi connectivity index (χ2n) is 8.76. The van der Waals surface area contributed by atoms with Crippen LogP contribution in [0.1, 0.15) is 17.5 Å². The van der Waals surface area contributed by atoms with Crippen LogP contribution in [0.3, 0.4) is 0 Å². The average molecular weight is 508 g/mol. The first-order valence-corrected chi connectivity index (χ1v) is 11.9. The lowest BCUT2D eigenvalue weighted by molar-refractivity contribution is 0.306. The second-order valence-corrected chi connectivity index (χ2v) is 9.57. The second kappa shape index (κ2) is 9.70. The fourth-order valence-corrected chi connectivity index (χ4v) is 4.74. The summed E-state index contributed by atoms with van der Waals surface area (Å²) < 4.78 is 5.97. The number of H-pyrrole nitrogens is 1. The molecular formula is C25H23Cl2N7O. The van der Waals surface area contributed by atoms with Gasteiger partial charge in [-0.05, 0) is 44.8 Å². The maximum atomic E-state index is 9.86. The first-order valence-electron chi connectivity index (χ1n) is 11.1. The number of aromatic nitrogens is 4. The van der Waals surface area contributed by atoms with Gasteiger partial charge in [-0.3, -0.25) is 10.1 Å². The predicted octanol–water partition coefficient (Wildman–Crippen LogP) is 4.92. The first kappa shape index (κ1) is 23.4. The third kappa shape index (κ3) is 4.63. The lowest BCUT2D eigenvalue weighted by Gasteiger charge is -2.43. The topological polar surface area (TPSA) is 94.0 Å². The normalized spacial score (nSPS) is 15.3. The Balaban J connectivity index is 1.42. The molecule has 0 aliphatic carbocycles. The molecule has 0 radical (unpaired) electrons. The largest absolute Gasteiger partial charge is 0.489 e. The minimum Gasteiger partial charge on any atom is -0.489 e. The zero-order chi connectivity index (χ0) is 24.5. The quantitative estimate of drug-likeness (QED) is 0.379. The summed E-state index contributed by atoms with van der Waals surface area (Å²) in [5.41, 5.74) is 3.53. The molecule has 1 aromatic carbocycles. The van der Waals surface area contributed by atoms with Crippen LogP contribution in [0.25, 0.3) is 22.2 Å². The van der Waals surface area contributed by atoms with E-state index >= 15 is 0 Å². The van der Waals surface area contributed by atoms with Crippen molar-refractivity contribution in [3.05, 3.63) is 64.0 Å². The van der Waals surface area contributed by atoms with E-state index in [0.29, 0.717) is 38.7 Å². The van der Waals surface area contributed by atoms with Crippen molar-refractivity contribution in [1.29, 1.82) is 5.26 Å². The summed E-state index contributed by atoms with van der Waals surface area (Å²) in [7, 11) is 4.11. The lowest BCUT2D eigenvalue weighted by atomic mass is 10.0. The molecule has 8 nitrogen and oxygen atoms in total. The molecule has 1 atom stereocenters. The van der Waals surface area contributed by atoms with Gasteiger partial charge in [0.1, 0.15) is 29.9 Å². The number of anilines is 1. The van der Waals surface area contributed by atoms with E-state index in [1.54, 1.807) is 6.20 Å². The van der Waals surface area contributed by atoms with E-state index in [0.717, 1.165) is 41.8 Å². The highest BCUT2D eigenvalue weighted by Gasteiger charge is 2.31. The summed E-state index contributed by atoms with van der Waals surface area (Å²) in [4.78, 5) is 13.0. The van der Waals surface area contributed by atoms with Crippen LogP contribution in [0.15, 0.2) is 42.9 Å². The summed E-state index contributed by atoms with van der Waals surface area (Å²) in [5.74, 6) is 1.37. The molecule has 1 saturated heterocycles. The summed E-state index contributed by atoms with van der Waals surface area (Å²) in [6, 6.07) is 10.2. The van der Waals surface area contributed by atoms with Gasteiger partial charge in [0.25, 0.3) is 0 Å². The maximum Gasteiger partial charge on any atom is 0.146 e. The van der Waals surface area contributed by atoms with Crippen molar-refractivity contribution in [3.63, 3.8) is 0 Å². The number of nitrogens with zero attached hydrogens (tertiary/aromatic N) is 6. The van der Waals surface area contributed by atoms with Gasteiger partial charge in [-0.15, -0.1) is 0 Å². The van der Waals surface area contributed by atoms with Gasteiger partial charge in [0.05, 0.1) is 21.1 Å². The number of halogens is 2. The number of aromatic amines is 1. The highest BCUT2D eigenvalue weighted by Crippen LogP contribution is 2.34. The Morgan fingerprint density at radius 1 is 1.20 bits per heavy atom. The molecule has 0 amide bonds. The van der Waals surface area contributed by atoms with Crippen LogP contribution in [0.5, 0.6) is 5.75 Å². The highest BCUT2D eigenvalue weighted by molar-refractivity contribution is 6.35. The van der Waals surface area contributed by atoms with Gasteiger partial charge < -0.3 is 14.5 Å². The Hall–Kier alpha value is -3.38. The monoisotopic (exact) mass is 507 g/mol. The number of nitriles is 1. The molecule has 1 unspecified atom stereocenters. The molecule has 4 aromatic rings. The molecule has 5 rings (SSSR count). The van der Waals surface area contributed by atoms with Crippen LogP contribution >= 0.6 is 23.2 Å². The fourth-order valence-electron chi connectivity index (χ4n) is 4.26. The van der Waals surface area contributed by atoms with Gasteiger partial charge in [0.15, 0.2) is 0 Å². The van der Waals surface area contributed by atoms with Crippen molar-refractivity contribution in [1.82, 2.24) is 25.1 Å². The maximum absolute atomic E-state index is 9.86. The van der Waals surface area contributed by atoms with Crippen molar-refractivity contribution < 1.29 is 4.74 Å². The van der Waals surface area contributed by atoms with E-state index < -0.39 is 0 Å².